The Kier molecular flexibility index (Phi) is 4.27. The van der Waals surface area contributed by atoms with E-state index in [0.29, 0.717) is 5.82 Å². The minimum absolute atomic E-state index is 0.267. The summed E-state index contributed by atoms with van der Waals surface area (Å²) in [5, 5.41) is -0.267. The van der Waals surface area contributed by atoms with Crippen molar-refractivity contribution in [2.75, 3.05) is 4.72 Å². The van der Waals surface area contributed by atoms with Crippen molar-refractivity contribution in [2.24, 2.45) is 0 Å². The van der Waals surface area contributed by atoms with E-state index in [1.165, 1.54) is 0 Å². The highest BCUT2D eigenvalue weighted by Gasteiger charge is 2.27. The smallest absolute Gasteiger partial charge is 0.236 e. The van der Waals surface area contributed by atoms with Gasteiger partial charge in [0, 0.05) is 10.7 Å². The average molecular weight is 333 g/mol. The fraction of sp³-hybridized carbons (Fsp3) is 0.583. The van der Waals surface area contributed by atoms with Crippen LogP contribution in [-0.2, 0) is 10.0 Å². The first kappa shape index (κ1) is 13.8. The van der Waals surface area contributed by atoms with Gasteiger partial charge in [0.1, 0.15) is 5.82 Å². The van der Waals surface area contributed by atoms with Gasteiger partial charge in [0.2, 0.25) is 10.0 Å². The van der Waals surface area contributed by atoms with Gasteiger partial charge in [0.25, 0.3) is 0 Å². The maximum atomic E-state index is 12.2. The Morgan fingerprint density at radius 2 is 2.00 bits per heavy atom. The molecule has 4 nitrogen and oxygen atoms in total. The molecule has 1 N–H and O–H groups in total. The van der Waals surface area contributed by atoms with Crippen LogP contribution in [0.2, 0.25) is 0 Å². The monoisotopic (exact) mass is 332 g/mol. The summed E-state index contributed by atoms with van der Waals surface area (Å²) in [7, 11) is -3.29. The largest absolute Gasteiger partial charge is 0.267 e. The Balaban J connectivity index is 2.13. The van der Waals surface area contributed by atoms with Crippen LogP contribution in [0, 0.1) is 6.92 Å². The zero-order valence-corrected chi connectivity index (χ0v) is 12.7. The number of aromatic nitrogens is 1. The topological polar surface area (TPSA) is 59.1 Å². The molecule has 0 bridgehead atoms. The van der Waals surface area contributed by atoms with Crippen LogP contribution in [0.5, 0.6) is 0 Å². The van der Waals surface area contributed by atoms with Gasteiger partial charge >= 0.3 is 0 Å². The van der Waals surface area contributed by atoms with Crippen LogP contribution < -0.4 is 4.72 Å². The Morgan fingerprint density at radius 3 is 2.61 bits per heavy atom. The van der Waals surface area contributed by atoms with Crippen molar-refractivity contribution < 1.29 is 8.42 Å². The molecular formula is C12H17BrN2O2S. The number of pyridine rings is 1. The second kappa shape index (κ2) is 5.57. The molecule has 1 aromatic rings. The molecule has 1 fully saturated rings. The summed E-state index contributed by atoms with van der Waals surface area (Å²) in [6, 6.07) is 1.74. The van der Waals surface area contributed by atoms with Crippen molar-refractivity contribution in [1.82, 2.24) is 4.98 Å². The standard InChI is InChI=1S/C12H17BrN2O2S/c1-9-7-12(14-8-11(9)13)15-18(16,17)10-5-3-2-4-6-10/h7-8,10H,2-6H2,1H3,(H,14,15). The number of aryl methyl sites for hydroxylation is 1. The van der Waals surface area contributed by atoms with Crippen LogP contribution in [-0.4, -0.2) is 18.7 Å². The molecular weight excluding hydrogens is 316 g/mol. The highest BCUT2D eigenvalue weighted by molar-refractivity contribution is 9.10. The quantitative estimate of drug-likeness (QED) is 0.924. The van der Waals surface area contributed by atoms with Crippen molar-refractivity contribution in [2.45, 2.75) is 44.3 Å². The number of halogens is 1. The van der Waals surface area contributed by atoms with Gasteiger partial charge in [0.05, 0.1) is 5.25 Å². The third kappa shape index (κ3) is 3.23. The molecule has 0 radical (unpaired) electrons. The molecule has 0 unspecified atom stereocenters. The molecule has 1 heterocycles. The lowest BCUT2D eigenvalue weighted by atomic mass is 10.0. The summed E-state index contributed by atoms with van der Waals surface area (Å²) in [6.07, 6.45) is 6.27. The van der Waals surface area contributed by atoms with Crippen LogP contribution in [0.4, 0.5) is 5.82 Å². The number of hydrogen-bond acceptors (Lipinski definition) is 3. The number of sulfonamides is 1. The van der Waals surface area contributed by atoms with Crippen molar-refractivity contribution in [3.63, 3.8) is 0 Å². The summed E-state index contributed by atoms with van der Waals surface area (Å²) in [6.45, 7) is 1.91. The number of nitrogens with zero attached hydrogens (tertiary/aromatic N) is 1. The molecule has 0 amide bonds. The van der Waals surface area contributed by atoms with Crippen LogP contribution in [0.3, 0.4) is 0 Å². The van der Waals surface area contributed by atoms with E-state index in [2.05, 4.69) is 25.6 Å². The van der Waals surface area contributed by atoms with E-state index >= 15 is 0 Å². The minimum atomic E-state index is -3.29. The van der Waals surface area contributed by atoms with Crippen LogP contribution in [0.1, 0.15) is 37.7 Å². The van der Waals surface area contributed by atoms with E-state index in [9.17, 15) is 8.42 Å². The summed E-state index contributed by atoms with van der Waals surface area (Å²) in [4.78, 5) is 4.08. The zero-order chi connectivity index (χ0) is 13.2. The molecule has 1 aromatic heterocycles. The third-order valence-corrected chi connectivity index (χ3v) is 5.96. The number of hydrogen-bond donors (Lipinski definition) is 1. The molecule has 0 saturated heterocycles. The van der Waals surface area contributed by atoms with Gasteiger partial charge in [-0.15, -0.1) is 0 Å². The molecule has 0 aromatic carbocycles. The predicted molar refractivity (Wildman–Crippen MR) is 76.1 cm³/mol. The Morgan fingerprint density at radius 1 is 1.33 bits per heavy atom. The molecule has 2 rings (SSSR count). The van der Waals surface area contributed by atoms with E-state index in [0.717, 1.165) is 42.1 Å². The summed E-state index contributed by atoms with van der Waals surface area (Å²) >= 11 is 3.35. The molecule has 1 aliphatic rings. The Labute approximate surface area is 116 Å². The van der Waals surface area contributed by atoms with E-state index < -0.39 is 10.0 Å². The number of anilines is 1. The average Bonchev–Trinajstić information content (AvgIpc) is 2.35. The van der Waals surface area contributed by atoms with E-state index in [1.54, 1.807) is 12.3 Å². The fourth-order valence-electron chi connectivity index (χ4n) is 2.20. The summed E-state index contributed by atoms with van der Waals surface area (Å²) in [5.41, 5.74) is 0.964. The molecule has 6 heteroatoms. The molecule has 0 aliphatic heterocycles. The number of nitrogens with one attached hydrogen (secondary N) is 1. The first-order valence-electron chi connectivity index (χ1n) is 6.13. The first-order valence-corrected chi connectivity index (χ1v) is 8.47. The van der Waals surface area contributed by atoms with E-state index in [-0.39, 0.29) is 5.25 Å². The molecule has 1 aliphatic carbocycles. The molecule has 0 spiro atoms. The number of rotatable bonds is 3. The lowest BCUT2D eigenvalue weighted by Gasteiger charge is -2.22. The minimum Gasteiger partial charge on any atom is -0.267 e. The van der Waals surface area contributed by atoms with Crippen molar-refractivity contribution in [3.05, 3.63) is 22.3 Å². The second-order valence-electron chi connectivity index (χ2n) is 4.73. The van der Waals surface area contributed by atoms with Crippen LogP contribution in [0.25, 0.3) is 0 Å². The van der Waals surface area contributed by atoms with Gasteiger partial charge in [-0.25, -0.2) is 13.4 Å². The summed E-state index contributed by atoms with van der Waals surface area (Å²) < 4.78 is 27.9. The van der Waals surface area contributed by atoms with Gasteiger partial charge in [-0.05, 0) is 47.3 Å². The second-order valence-corrected chi connectivity index (χ2v) is 7.54. The van der Waals surface area contributed by atoms with Crippen molar-refractivity contribution in [1.29, 1.82) is 0 Å². The summed E-state index contributed by atoms with van der Waals surface area (Å²) in [5.74, 6) is 0.404. The van der Waals surface area contributed by atoms with Gasteiger partial charge in [-0.1, -0.05) is 19.3 Å². The highest BCUT2D eigenvalue weighted by Crippen LogP contribution is 2.25. The van der Waals surface area contributed by atoms with Gasteiger partial charge < -0.3 is 0 Å². The first-order chi connectivity index (χ1) is 8.49. The van der Waals surface area contributed by atoms with Crippen molar-refractivity contribution in [3.8, 4) is 0 Å². The fourth-order valence-corrected chi connectivity index (χ4v) is 3.94. The predicted octanol–water partition coefficient (Wildman–Crippen LogP) is 3.23. The van der Waals surface area contributed by atoms with Gasteiger partial charge in [0.15, 0.2) is 0 Å². The molecule has 0 atom stereocenters. The lowest BCUT2D eigenvalue weighted by molar-refractivity contribution is 0.486. The Hall–Kier alpha value is -0.620. The maximum Gasteiger partial charge on any atom is 0.236 e. The molecule has 1 saturated carbocycles. The highest BCUT2D eigenvalue weighted by atomic mass is 79.9. The SMILES string of the molecule is Cc1cc(NS(=O)(=O)C2CCCCC2)ncc1Br. The lowest BCUT2D eigenvalue weighted by Crippen LogP contribution is -2.30. The van der Waals surface area contributed by atoms with E-state index in [1.807, 2.05) is 6.92 Å². The molecule has 18 heavy (non-hydrogen) atoms. The third-order valence-electron chi connectivity index (χ3n) is 3.28. The van der Waals surface area contributed by atoms with Crippen molar-refractivity contribution >= 4 is 31.8 Å². The zero-order valence-electron chi connectivity index (χ0n) is 10.3. The van der Waals surface area contributed by atoms with E-state index in [4.69, 9.17) is 0 Å². The van der Waals surface area contributed by atoms with Gasteiger partial charge in [-0.2, -0.15) is 0 Å². The normalized spacial score (nSPS) is 17.7. The Bertz CT molecular complexity index is 525. The van der Waals surface area contributed by atoms with Crippen LogP contribution in [0.15, 0.2) is 16.7 Å². The van der Waals surface area contributed by atoms with Gasteiger partial charge in [-0.3, -0.25) is 4.72 Å². The van der Waals surface area contributed by atoms with Crippen LogP contribution >= 0.6 is 15.9 Å². The molecule has 100 valence electrons. The maximum absolute atomic E-state index is 12.2.